The summed E-state index contributed by atoms with van der Waals surface area (Å²) in [7, 11) is 0. The number of hydrogen-bond acceptors (Lipinski definition) is 4. The topological polar surface area (TPSA) is 49.9 Å². The Bertz CT molecular complexity index is 1060. The third kappa shape index (κ3) is 2.80. The molecule has 0 unspecified atom stereocenters. The van der Waals surface area contributed by atoms with Crippen LogP contribution < -0.4 is 9.96 Å². The Morgan fingerprint density at radius 2 is 1.31 bits per heavy atom. The molecule has 0 N–H and O–H groups in total. The van der Waals surface area contributed by atoms with Crippen molar-refractivity contribution in [2.45, 2.75) is 12.1 Å². The number of rotatable bonds is 3. The fourth-order valence-electron chi connectivity index (χ4n) is 4.04. The van der Waals surface area contributed by atoms with E-state index in [0.717, 1.165) is 5.69 Å². The quantitative estimate of drug-likeness (QED) is 0.639. The molecule has 0 spiro atoms. The highest BCUT2D eigenvalue weighted by Crippen LogP contribution is 2.47. The number of anilines is 2. The van der Waals surface area contributed by atoms with Gasteiger partial charge in [-0.1, -0.05) is 48.5 Å². The van der Waals surface area contributed by atoms with Gasteiger partial charge in [-0.05, 0) is 42.0 Å². The fraction of sp³-hybridized carbons (Fsp3) is 0.130. The Kier molecular flexibility index (Phi) is 4.14. The highest BCUT2D eigenvalue weighted by Gasteiger charge is 2.60. The highest BCUT2D eigenvalue weighted by atomic mass is 19.1. The molecule has 3 atom stereocenters. The second kappa shape index (κ2) is 6.83. The second-order valence-corrected chi connectivity index (χ2v) is 7.06. The molecule has 5 nitrogen and oxygen atoms in total. The molecule has 0 aliphatic carbocycles. The number of fused-ring (bicyclic) bond motifs is 1. The van der Waals surface area contributed by atoms with Crippen LogP contribution in [0, 0.1) is 11.7 Å². The van der Waals surface area contributed by atoms with Crippen LogP contribution in [0.3, 0.4) is 0 Å². The van der Waals surface area contributed by atoms with Crippen LogP contribution in [0.1, 0.15) is 11.6 Å². The molecular formula is C23H17FN2O3. The van der Waals surface area contributed by atoms with Gasteiger partial charge in [0.2, 0.25) is 5.91 Å². The average Bonchev–Trinajstić information content (AvgIpc) is 3.26. The summed E-state index contributed by atoms with van der Waals surface area (Å²) < 4.78 is 13.5. The van der Waals surface area contributed by atoms with Crippen molar-refractivity contribution in [2.75, 3.05) is 9.96 Å². The maximum atomic E-state index is 13.5. The summed E-state index contributed by atoms with van der Waals surface area (Å²) in [4.78, 5) is 33.7. The van der Waals surface area contributed by atoms with E-state index in [2.05, 4.69) is 0 Å². The summed E-state index contributed by atoms with van der Waals surface area (Å²) in [6.07, 6.45) is -0.932. The molecule has 2 aliphatic rings. The minimum atomic E-state index is -0.932. The van der Waals surface area contributed by atoms with Crippen molar-refractivity contribution in [3.05, 3.63) is 96.3 Å². The van der Waals surface area contributed by atoms with Gasteiger partial charge in [-0.15, -0.1) is 0 Å². The van der Waals surface area contributed by atoms with Crippen molar-refractivity contribution < 1.29 is 18.8 Å². The zero-order valence-corrected chi connectivity index (χ0v) is 15.3. The van der Waals surface area contributed by atoms with Crippen molar-refractivity contribution in [1.29, 1.82) is 0 Å². The molecule has 0 bridgehead atoms. The van der Waals surface area contributed by atoms with E-state index in [1.54, 1.807) is 41.5 Å². The maximum Gasteiger partial charge on any atom is 0.266 e. The van der Waals surface area contributed by atoms with Crippen LogP contribution >= 0.6 is 0 Å². The minimum absolute atomic E-state index is 0.320. The summed E-state index contributed by atoms with van der Waals surface area (Å²) in [6.45, 7) is 0. The number of carbonyl (C=O) groups excluding carboxylic acids is 2. The normalized spacial score (nSPS) is 23.6. The number of para-hydroxylation sites is 2. The first-order valence-corrected chi connectivity index (χ1v) is 9.34. The lowest BCUT2D eigenvalue weighted by Crippen LogP contribution is -2.37. The lowest BCUT2D eigenvalue weighted by molar-refractivity contribution is -0.126. The van der Waals surface area contributed by atoms with Crippen molar-refractivity contribution in [1.82, 2.24) is 0 Å². The van der Waals surface area contributed by atoms with Gasteiger partial charge in [-0.25, -0.2) is 14.4 Å². The van der Waals surface area contributed by atoms with E-state index in [1.165, 1.54) is 17.0 Å². The van der Waals surface area contributed by atoms with Gasteiger partial charge < -0.3 is 0 Å². The number of halogens is 1. The van der Waals surface area contributed by atoms with Gasteiger partial charge in [0.15, 0.2) is 6.10 Å². The molecular weight excluding hydrogens is 371 g/mol. The molecule has 0 saturated carbocycles. The van der Waals surface area contributed by atoms with E-state index in [-0.39, 0.29) is 11.7 Å². The van der Waals surface area contributed by atoms with Crippen molar-refractivity contribution >= 4 is 23.2 Å². The first kappa shape index (κ1) is 17.6. The van der Waals surface area contributed by atoms with E-state index >= 15 is 0 Å². The first-order valence-electron chi connectivity index (χ1n) is 9.34. The van der Waals surface area contributed by atoms with Crippen LogP contribution in [-0.4, -0.2) is 17.9 Å². The zero-order chi connectivity index (χ0) is 20.0. The molecule has 2 saturated heterocycles. The second-order valence-electron chi connectivity index (χ2n) is 7.06. The van der Waals surface area contributed by atoms with Crippen LogP contribution in [0.25, 0.3) is 0 Å². The SMILES string of the molecule is O=C1[C@H]2[C@@H](c3ccc(F)cc3)N(c3ccccc3)O[C@H]2C(=O)N1c1ccccc1. The van der Waals surface area contributed by atoms with Gasteiger partial charge in [-0.3, -0.25) is 14.4 Å². The monoisotopic (exact) mass is 388 g/mol. The third-order valence-corrected chi connectivity index (χ3v) is 5.35. The standard InChI is InChI=1S/C23H17FN2O3/c24-16-13-11-15(12-14-16)20-19-21(29-26(20)18-9-5-2-6-10-18)23(28)25(22(19)27)17-7-3-1-4-8-17/h1-14,19-21H/t19-,20+,21+/m0/s1. The van der Waals surface area contributed by atoms with Crippen molar-refractivity contribution in [2.24, 2.45) is 5.92 Å². The molecule has 0 aromatic heterocycles. The molecule has 2 aliphatic heterocycles. The number of benzene rings is 3. The van der Waals surface area contributed by atoms with Gasteiger partial charge in [0.25, 0.3) is 5.91 Å². The molecule has 2 fully saturated rings. The predicted octanol–water partition coefficient (Wildman–Crippen LogP) is 3.88. The Balaban J connectivity index is 1.59. The average molecular weight is 388 g/mol. The zero-order valence-electron chi connectivity index (χ0n) is 15.3. The molecule has 2 heterocycles. The first-order chi connectivity index (χ1) is 14.1. The van der Waals surface area contributed by atoms with Gasteiger partial charge in [0, 0.05) is 0 Å². The van der Waals surface area contributed by atoms with Gasteiger partial charge in [0.1, 0.15) is 11.7 Å². The summed E-state index contributed by atoms with van der Waals surface area (Å²) in [5.74, 6) is -1.81. The highest BCUT2D eigenvalue weighted by molar-refractivity contribution is 6.23. The van der Waals surface area contributed by atoms with Crippen LogP contribution in [-0.2, 0) is 14.4 Å². The molecule has 3 aromatic carbocycles. The van der Waals surface area contributed by atoms with Gasteiger partial charge in [0.05, 0.1) is 17.4 Å². The van der Waals surface area contributed by atoms with E-state index in [9.17, 15) is 14.0 Å². The molecule has 3 aromatic rings. The number of carbonyl (C=O) groups is 2. The van der Waals surface area contributed by atoms with Crippen LogP contribution in [0.4, 0.5) is 15.8 Å². The van der Waals surface area contributed by atoms with Gasteiger partial charge in [-0.2, -0.15) is 0 Å². The van der Waals surface area contributed by atoms with E-state index in [4.69, 9.17) is 4.84 Å². The molecule has 144 valence electrons. The van der Waals surface area contributed by atoms with Crippen LogP contribution in [0.5, 0.6) is 0 Å². The van der Waals surface area contributed by atoms with E-state index in [1.807, 2.05) is 36.4 Å². The van der Waals surface area contributed by atoms with E-state index in [0.29, 0.717) is 11.3 Å². The summed E-state index contributed by atoms with van der Waals surface area (Å²) in [5, 5.41) is 1.60. The summed E-state index contributed by atoms with van der Waals surface area (Å²) in [6, 6.07) is 23.5. The Morgan fingerprint density at radius 3 is 1.93 bits per heavy atom. The molecule has 6 heteroatoms. The molecule has 29 heavy (non-hydrogen) atoms. The number of hydroxylamine groups is 1. The van der Waals surface area contributed by atoms with E-state index < -0.39 is 24.0 Å². The smallest absolute Gasteiger partial charge is 0.266 e. The molecule has 5 rings (SSSR count). The largest absolute Gasteiger partial charge is 0.273 e. The lowest BCUT2D eigenvalue weighted by Gasteiger charge is -2.28. The number of amides is 2. The van der Waals surface area contributed by atoms with Crippen molar-refractivity contribution in [3.8, 4) is 0 Å². The number of imide groups is 1. The molecule has 0 radical (unpaired) electrons. The number of nitrogens with zero attached hydrogens (tertiary/aromatic N) is 2. The minimum Gasteiger partial charge on any atom is -0.273 e. The Labute approximate surface area is 166 Å². The predicted molar refractivity (Wildman–Crippen MR) is 105 cm³/mol. The maximum absolute atomic E-state index is 13.5. The Morgan fingerprint density at radius 1 is 0.724 bits per heavy atom. The fourth-order valence-corrected chi connectivity index (χ4v) is 4.04. The van der Waals surface area contributed by atoms with Crippen LogP contribution in [0.15, 0.2) is 84.9 Å². The molecule has 2 amide bonds. The summed E-state index contributed by atoms with van der Waals surface area (Å²) >= 11 is 0. The Hall–Kier alpha value is -3.51. The van der Waals surface area contributed by atoms with Crippen LogP contribution in [0.2, 0.25) is 0 Å². The lowest BCUT2D eigenvalue weighted by atomic mass is 9.90. The van der Waals surface area contributed by atoms with Crippen molar-refractivity contribution in [3.63, 3.8) is 0 Å². The van der Waals surface area contributed by atoms with Gasteiger partial charge >= 0.3 is 0 Å². The summed E-state index contributed by atoms with van der Waals surface area (Å²) in [5.41, 5.74) is 1.95. The number of hydrogen-bond donors (Lipinski definition) is 0. The third-order valence-electron chi connectivity index (χ3n) is 5.35.